The predicted octanol–water partition coefficient (Wildman–Crippen LogP) is 17.4. The Balaban J connectivity index is 0.000000462. The van der Waals surface area contributed by atoms with Crippen LogP contribution in [0.25, 0.3) is 0 Å². The van der Waals surface area contributed by atoms with Crippen LogP contribution in [0.3, 0.4) is 0 Å². The summed E-state index contributed by atoms with van der Waals surface area (Å²) in [6.45, 7) is 17.2. The summed E-state index contributed by atoms with van der Waals surface area (Å²) in [5.41, 5.74) is -7.03. The van der Waals surface area contributed by atoms with Crippen LogP contribution >= 0.6 is 22.8 Å². The van der Waals surface area contributed by atoms with Gasteiger partial charge in [0.1, 0.15) is 0 Å². The van der Waals surface area contributed by atoms with Crippen molar-refractivity contribution >= 4 is 112 Å². The Bertz CT molecular complexity index is 3300. The molecule has 8 aromatic carbocycles. The molecule has 8 aromatic rings. The maximum atomic E-state index is 12.6. The van der Waals surface area contributed by atoms with Crippen LogP contribution < -0.4 is 39.1 Å². The van der Waals surface area contributed by atoms with Crippen LogP contribution in [0.5, 0.6) is 0 Å². The monoisotopic (exact) mass is 1870 g/mol. The van der Waals surface area contributed by atoms with Crippen molar-refractivity contribution in [3.05, 3.63) is 239 Å². The molecule has 0 aliphatic rings. The van der Waals surface area contributed by atoms with Gasteiger partial charge in [-0.1, -0.05) is 252 Å². The first-order valence-electron chi connectivity index (χ1n) is 35.7. The van der Waals surface area contributed by atoms with Crippen molar-refractivity contribution in [1.29, 1.82) is 0 Å². The molecule has 0 fully saturated rings. The molecular formula is C80H104Mo3O8P4S8. The summed E-state index contributed by atoms with van der Waals surface area (Å²) in [5, 5.41) is 0. The number of benzene rings is 8. The first kappa shape index (κ1) is 99.1. The Morgan fingerprint density at radius 1 is 0.204 bits per heavy atom. The van der Waals surface area contributed by atoms with Crippen molar-refractivity contribution in [3.63, 3.8) is 0 Å². The molecule has 8 rings (SSSR count). The van der Waals surface area contributed by atoms with E-state index in [1.54, 1.807) is 0 Å². The topological polar surface area (TPSA) is 184 Å². The second-order valence-electron chi connectivity index (χ2n) is 24.6. The molecule has 23 heteroatoms. The fourth-order valence-corrected chi connectivity index (χ4v) is 35.3. The van der Waals surface area contributed by atoms with Gasteiger partial charge in [-0.15, -0.1) is 0 Å². The summed E-state index contributed by atoms with van der Waals surface area (Å²) in [4.78, 5) is 108. The maximum Gasteiger partial charge on any atom is 4.00 e. The molecule has 0 saturated heterocycles. The van der Waals surface area contributed by atoms with E-state index in [1.807, 2.05) is 194 Å². The van der Waals surface area contributed by atoms with Gasteiger partial charge in [-0.2, -0.15) is 40.3 Å². The average Bonchev–Trinajstić information content (AvgIpc) is 0.807. The average molecular weight is 1860 g/mol. The number of rotatable bonds is 32. The molecule has 0 amide bonds. The Morgan fingerprint density at radius 3 is 0.388 bits per heavy atom. The van der Waals surface area contributed by atoms with Gasteiger partial charge >= 0.3 is 63.2 Å². The summed E-state index contributed by atoms with van der Waals surface area (Å²) in [5.74, 6) is 0. The number of hydrogen-bond acceptors (Lipinski definition) is 12. The van der Waals surface area contributed by atoms with E-state index in [-0.39, 0.29) is 63.2 Å². The third-order valence-electron chi connectivity index (χ3n) is 16.7. The standard InChI is InChI=1S/4C20H26O2PS2.3Mo/c4*1-3-5-11-17-13-7-9-15-19(17)25(23(21,22)24)20-16-10-8-14-18(20)12-6-4-2;;;/h4*7-10,13-16H,3-6,11-12H2,1-2H3;;;/q4*-3;3*+4. The van der Waals surface area contributed by atoms with Crippen molar-refractivity contribution in [2.45, 2.75) is 249 Å². The maximum absolute atomic E-state index is 12.6. The van der Waals surface area contributed by atoms with E-state index >= 15 is 0 Å². The van der Waals surface area contributed by atoms with Crippen molar-refractivity contribution in [3.8, 4) is 0 Å². The minimum absolute atomic E-state index is 0. The molecule has 0 aliphatic carbocycles. The molecule has 0 aromatic heterocycles. The van der Waals surface area contributed by atoms with E-state index in [2.05, 4.69) is 55.4 Å². The normalized spacial score (nSPS) is 11.6. The fraction of sp³-hybridized carbons (Fsp3) is 0.400. The number of unbranched alkanes of at least 4 members (excludes halogenated alkanes) is 8. The molecule has 8 nitrogen and oxygen atoms in total. The van der Waals surface area contributed by atoms with Gasteiger partial charge in [-0.3, -0.25) is 0 Å². The minimum Gasteiger partial charge on any atom is -0.853 e. The van der Waals surface area contributed by atoms with Crippen LogP contribution in [0, 0.1) is 0 Å². The molecule has 0 radical (unpaired) electrons. The molecular weight excluding hydrogens is 1760 g/mol. The molecule has 0 heterocycles. The second-order valence-corrected chi connectivity index (χ2v) is 52.7. The zero-order chi connectivity index (χ0) is 73.1. The van der Waals surface area contributed by atoms with E-state index in [1.165, 1.54) is 0 Å². The number of aryl methyl sites for hydroxylation is 8. The molecule has 0 aliphatic heterocycles. The van der Waals surface area contributed by atoms with Gasteiger partial charge in [0.05, 0.1) is 0 Å². The molecule has 103 heavy (non-hydrogen) atoms. The fourth-order valence-electron chi connectivity index (χ4n) is 11.6. The summed E-state index contributed by atoms with van der Waals surface area (Å²) in [6, 6.07) is 63.2. The van der Waals surface area contributed by atoms with Crippen LogP contribution in [0.15, 0.2) is 233 Å². The van der Waals surface area contributed by atoms with Crippen LogP contribution in [0.4, 0.5) is 0 Å². The molecule has 0 saturated carbocycles. The van der Waals surface area contributed by atoms with Crippen LogP contribution in [0.1, 0.15) is 203 Å². The van der Waals surface area contributed by atoms with Gasteiger partial charge in [-0.25, -0.2) is 0 Å². The first-order chi connectivity index (χ1) is 47.9. The Labute approximate surface area is 694 Å². The minimum atomic E-state index is -3.98. The largest absolute Gasteiger partial charge is 4.00 e. The van der Waals surface area contributed by atoms with Crippen molar-refractivity contribution in [1.82, 2.24) is 0 Å². The molecule has 0 atom stereocenters. The second kappa shape index (κ2) is 53.1. The van der Waals surface area contributed by atoms with E-state index < -0.39 is 63.1 Å². The van der Waals surface area contributed by atoms with E-state index in [4.69, 9.17) is 49.0 Å². The summed E-state index contributed by atoms with van der Waals surface area (Å²) in [6.07, 6.45) is 24.2. The van der Waals surface area contributed by atoms with Gasteiger partial charge in [0.25, 0.3) is 0 Å². The Kier molecular flexibility index (Phi) is 51.1. The number of hydrogen-bond donors (Lipinski definition) is 0. The molecule has 558 valence electrons. The van der Waals surface area contributed by atoms with Crippen molar-refractivity contribution < 1.29 is 102 Å². The van der Waals surface area contributed by atoms with E-state index in [9.17, 15) is 39.1 Å². The first-order valence-corrected chi connectivity index (χ1v) is 53.5. The zero-order valence-corrected chi connectivity index (χ0v) is 77.1. The third-order valence-corrected chi connectivity index (χ3v) is 40.5. The molecule has 0 unspecified atom stereocenters. The van der Waals surface area contributed by atoms with Gasteiger partial charge in [-0.05, 0) is 196 Å². The molecule has 0 N–H and O–H groups in total. The van der Waals surface area contributed by atoms with Gasteiger partial charge in [0.2, 0.25) is 0 Å². The van der Waals surface area contributed by atoms with Gasteiger partial charge in [0, 0.05) is 39.2 Å². The SMILES string of the molecule is CCCCc1ccccc1S(c1ccccc1CCCC)=P([O-])([O-])[S-].CCCCc1ccccc1S(c1ccccc1CCCC)=P([O-])([O-])[S-].CCCCc1ccccc1S(c1ccccc1CCCC)=P([O-])([O-])[S-].CCCCc1ccccc1S(c1ccccc1CCCC)=P([O-])([O-])[S-].[Mo+4].[Mo+4].[Mo+4]. The molecule has 0 bridgehead atoms. The summed E-state index contributed by atoms with van der Waals surface area (Å²) in [7, 11) is -4.34. The van der Waals surface area contributed by atoms with Crippen LogP contribution in [0.2, 0.25) is 0 Å². The van der Waals surface area contributed by atoms with Crippen molar-refractivity contribution in [2.24, 2.45) is 0 Å². The van der Waals surface area contributed by atoms with Gasteiger partial charge in [0.15, 0.2) is 0 Å². The summed E-state index contributed by atoms with van der Waals surface area (Å²) < 4.78 is 0. The Morgan fingerprint density at radius 2 is 0.301 bits per heavy atom. The summed E-state index contributed by atoms with van der Waals surface area (Å²) >= 11 is 20.1. The van der Waals surface area contributed by atoms with Crippen molar-refractivity contribution in [2.75, 3.05) is 0 Å². The van der Waals surface area contributed by atoms with Gasteiger partial charge < -0.3 is 111 Å². The predicted molar refractivity (Wildman–Crippen MR) is 433 cm³/mol. The quantitative estimate of drug-likeness (QED) is 0.0221. The van der Waals surface area contributed by atoms with E-state index in [0.717, 1.165) is 238 Å². The molecule has 0 spiro atoms. The Hall–Kier alpha value is 0.0249. The smallest absolute Gasteiger partial charge is 0.853 e. The third kappa shape index (κ3) is 32.9. The van der Waals surface area contributed by atoms with E-state index in [0.29, 0.717) is 0 Å². The zero-order valence-electron chi connectivity index (χ0n) is 61.0. The van der Waals surface area contributed by atoms with Crippen LogP contribution in [-0.2, 0) is 204 Å². The van der Waals surface area contributed by atoms with Crippen LogP contribution in [-0.4, -0.2) is 0 Å².